The molecule has 0 unspecified atom stereocenters. The van der Waals surface area contributed by atoms with Gasteiger partial charge in [0.1, 0.15) is 171 Å². The van der Waals surface area contributed by atoms with Crippen molar-refractivity contribution in [2.45, 2.75) is 254 Å². The first kappa shape index (κ1) is 80.5. The molecule has 24 rings (SSSR count). The largest absolute Gasteiger partial charge is 0.481 e. The maximum atomic E-state index is 14.1. The number of rotatable bonds is 14. The van der Waals surface area contributed by atoms with Crippen molar-refractivity contribution in [1.29, 1.82) is 0 Å². The van der Waals surface area contributed by atoms with Crippen molar-refractivity contribution in [2.75, 3.05) is 59.3 Å². The van der Waals surface area contributed by atoms with Crippen molar-refractivity contribution < 1.29 is 202 Å². The van der Waals surface area contributed by atoms with Crippen LogP contribution < -0.4 is 16.0 Å². The normalized spacial score (nSPS) is 50.2. The molecule has 46 heteroatoms. The zero-order valence-corrected chi connectivity index (χ0v) is 55.1. The number of imide groups is 2. The van der Waals surface area contributed by atoms with Crippen molar-refractivity contribution >= 4 is 35.8 Å². The fourth-order valence-electron chi connectivity index (χ4n) is 15.4. The van der Waals surface area contributed by atoms with Gasteiger partial charge in [0.05, 0.1) is 69.0 Å². The van der Waals surface area contributed by atoms with E-state index in [1.165, 1.54) is 13.8 Å². The molecule has 0 radical (unpaired) electrons. The van der Waals surface area contributed by atoms with Gasteiger partial charge in [-0.15, -0.1) is 0 Å². The van der Waals surface area contributed by atoms with Crippen LogP contribution in [0, 0.1) is 10.8 Å². The number of ether oxygens (including phenoxy) is 14. The van der Waals surface area contributed by atoms with Gasteiger partial charge in [0.2, 0.25) is 17.7 Å². The summed E-state index contributed by atoms with van der Waals surface area (Å²) in [6, 6.07) is -4.76. The Morgan fingerprint density at radius 2 is 0.558 bits per heavy atom. The molecule has 23 aliphatic heterocycles. The highest BCUT2D eigenvalue weighted by molar-refractivity contribution is 6.11. The summed E-state index contributed by atoms with van der Waals surface area (Å²) in [5.41, 5.74) is -3.56. The number of carbonyl (C=O) groups is 6. The predicted octanol–water partition coefficient (Wildman–Crippen LogP) is -16.4. The summed E-state index contributed by atoms with van der Waals surface area (Å²) in [4.78, 5) is 81.9. The molecule has 1 saturated carbocycles. The highest BCUT2D eigenvalue weighted by atomic mass is 16.8. The quantitative estimate of drug-likeness (QED) is 0.0768. The Morgan fingerprint density at radius 3 is 0.779 bits per heavy atom. The molecule has 1 aliphatic carbocycles. The minimum atomic E-state index is -2.41. The number of aliphatic carboxylic acids is 1. The third kappa shape index (κ3) is 14.3. The Morgan fingerprint density at radius 1 is 0.346 bits per heavy atom. The van der Waals surface area contributed by atoms with Gasteiger partial charge in [0, 0.05) is 26.1 Å². The predicted molar refractivity (Wildman–Crippen MR) is 316 cm³/mol. The minimum absolute atomic E-state index is 0.483. The van der Waals surface area contributed by atoms with E-state index < -0.39 is 346 Å². The maximum absolute atomic E-state index is 14.1. The van der Waals surface area contributed by atoms with Crippen molar-refractivity contribution in [2.24, 2.45) is 10.8 Å². The molecule has 104 heavy (non-hydrogen) atoms. The molecule has 24 aliphatic rings. The number of fused-ring (bicyclic) bond motifs is 4. The van der Waals surface area contributed by atoms with E-state index in [9.17, 15) is 136 Å². The molecule has 46 nitrogen and oxygen atoms in total. The zero-order chi connectivity index (χ0) is 75.8. The van der Waals surface area contributed by atoms with Crippen LogP contribution in [0.5, 0.6) is 0 Å². The standard InChI is InChI=1S/C58H89N5O41/c1-57-44(45-58(57,2)54(88)61-56(90)63(45)6-4-22(71)72)62(55(89)60-53(57)87)5-3-21(70)59-7-14-37-23(73)30(80)46(91-14)99-38-15(8-64)93-48(32(82)25(38)75)101-40-17(10-66)95-50(34(84)27(40)77)103-42-19(12-68)97-52(36(86)29(42)79)104-43-20(13-69)96-51(35(85)28(43)78)102-41-18(11-67)94-49(33(83)26(41)76)100-39-16(9-65)92-47(98-37)31(81)24(39)74/h14-20,23-52,64-69,73-86H,3-13H2,1-2H3,(H,59,70)(H,71,72)(H,60,87,89)(H,61,88,90)/t14-,15-,16-,17-,18-,19-,20-,23-,24-,25-,26-,27-,28-,29-,30-,31-,32-,33-,34-,35-,36-,37-,38-,39-,40-,41-,42-,43-,44+,45-,46-,47-,48-,49-,50-,51-,52-,57-,58+/m1/s1. The van der Waals surface area contributed by atoms with Gasteiger partial charge in [-0.1, -0.05) is 0 Å². The summed E-state index contributed by atoms with van der Waals surface area (Å²) in [6.07, 6.45) is -75.8. The molecule has 23 heterocycles. The summed E-state index contributed by atoms with van der Waals surface area (Å²) in [5.74, 6) is -4.17. The molecule has 0 spiro atoms. The van der Waals surface area contributed by atoms with Crippen LogP contribution in [0.25, 0.3) is 0 Å². The van der Waals surface area contributed by atoms with Crippen molar-refractivity contribution in [3.8, 4) is 0 Å². The summed E-state index contributed by atoms with van der Waals surface area (Å²) in [7, 11) is 0. The fourth-order valence-corrected chi connectivity index (χ4v) is 15.4. The van der Waals surface area contributed by atoms with Crippen molar-refractivity contribution in [1.82, 2.24) is 25.8 Å². The van der Waals surface area contributed by atoms with Gasteiger partial charge in [-0.25, -0.2) is 9.59 Å². The average Bonchev–Trinajstić information content (AvgIpc) is 0.654. The topological polar surface area (TPSA) is 699 Å². The van der Waals surface area contributed by atoms with Gasteiger partial charge in [-0.3, -0.25) is 29.8 Å². The molecular formula is C58H89N5O41. The van der Waals surface area contributed by atoms with Gasteiger partial charge < -0.3 is 189 Å². The van der Waals surface area contributed by atoms with E-state index in [4.69, 9.17) is 66.3 Å². The first-order chi connectivity index (χ1) is 49.2. The third-order valence-electron chi connectivity index (χ3n) is 21.4. The molecule has 0 aromatic carbocycles. The molecule has 23 saturated heterocycles. The number of carboxylic acids is 1. The summed E-state index contributed by atoms with van der Waals surface area (Å²) >= 11 is 0. The number of hydrogen-bond donors (Lipinski definition) is 24. The summed E-state index contributed by atoms with van der Waals surface area (Å²) in [5, 5.41) is 242. The smallest absolute Gasteiger partial charge is 0.324 e. The SMILES string of the molecule is C[C@]12C(=O)NC(=O)N(CCC(=O)NC[C@H]3O[C@@H]4O[C@H]5[C@H](O)[C@@H](O)[C@@H](O[C@H]6[C@H](O)[C@@H](O)[C@@H](O[C@H]7[C@H](O)[C@@H](O)[C@@H](O[C@H]8[C@H](O)[C@@H](O)[C@@H](O[C@H]9[C@H](O)[C@@H](O)[C@@H](O[C@H]%10[C@H](O)[C@@H](O)[C@@H](O[C@H]3[C@H](O)[C@H]4O)O[C@@H]%10CO)O[C@@H]9CO)O[C@@H]8CO)O[C@@H]7CO)O[C@@H]6CO)O[C@@H]5CO)[C@H]1[C@H]1N(CCC(=O)O)C(=O)NC(=O)[C@]12C. The van der Waals surface area contributed by atoms with Crippen LogP contribution in [0.15, 0.2) is 0 Å². The number of urea groups is 2. The molecule has 24 N–H and O–H groups in total. The van der Waals surface area contributed by atoms with Gasteiger partial charge >= 0.3 is 18.0 Å². The van der Waals surface area contributed by atoms with Gasteiger partial charge in [-0.2, -0.15) is 0 Å². The van der Waals surface area contributed by atoms with Crippen LogP contribution in [0.1, 0.15) is 26.7 Å². The lowest BCUT2D eigenvalue weighted by atomic mass is 9.42. The van der Waals surface area contributed by atoms with Gasteiger partial charge in [-0.05, 0) is 13.8 Å². The average molecular weight is 1510 g/mol. The Hall–Kier alpha value is -4.54. The summed E-state index contributed by atoms with van der Waals surface area (Å²) < 4.78 is 81.2. The Balaban J connectivity index is 0.872. The molecule has 39 atom stereocenters. The van der Waals surface area contributed by atoms with Crippen molar-refractivity contribution in [3.63, 3.8) is 0 Å². The highest BCUT2D eigenvalue weighted by Crippen LogP contribution is 2.63. The second-order valence-corrected chi connectivity index (χ2v) is 27.4. The number of carboxylic acid groups (broad SMARTS) is 1. The molecule has 7 amide bonds. The molecular weight excluding hydrogens is 1420 g/mol. The van der Waals surface area contributed by atoms with E-state index in [1.807, 2.05) is 0 Å². The van der Waals surface area contributed by atoms with Crippen LogP contribution in [0.4, 0.5) is 9.59 Å². The number of carbonyl (C=O) groups excluding carboxylic acids is 5. The third-order valence-corrected chi connectivity index (χ3v) is 21.4. The molecule has 0 aromatic heterocycles. The minimum Gasteiger partial charge on any atom is -0.481 e. The monoisotopic (exact) mass is 1510 g/mol. The lowest BCUT2D eigenvalue weighted by Gasteiger charge is -2.71. The Kier molecular flexibility index (Phi) is 24.9. The van der Waals surface area contributed by atoms with Crippen LogP contribution in [0.3, 0.4) is 0 Å². The van der Waals surface area contributed by atoms with E-state index >= 15 is 0 Å². The number of nitrogens with zero attached hydrogens (tertiary/aromatic N) is 2. The molecule has 0 aromatic rings. The summed E-state index contributed by atoms with van der Waals surface area (Å²) in [6.45, 7) is -6.05. The molecule has 14 bridgehead atoms. The first-order valence-electron chi connectivity index (χ1n) is 33.3. The zero-order valence-electron chi connectivity index (χ0n) is 55.1. The first-order valence-corrected chi connectivity index (χ1v) is 33.3. The van der Waals surface area contributed by atoms with Crippen LogP contribution >= 0.6 is 0 Å². The lowest BCUT2D eigenvalue weighted by molar-refractivity contribution is -0.396. The van der Waals surface area contributed by atoms with E-state index in [-0.39, 0.29) is 0 Å². The number of amides is 7. The maximum Gasteiger partial charge on any atom is 0.324 e. The fraction of sp³-hybridized carbons (Fsp3) is 0.897. The van der Waals surface area contributed by atoms with E-state index in [0.717, 1.165) is 9.80 Å². The van der Waals surface area contributed by atoms with Crippen LogP contribution in [-0.4, -0.2) is 439 Å². The second-order valence-electron chi connectivity index (χ2n) is 27.4. The van der Waals surface area contributed by atoms with E-state index in [1.54, 1.807) is 0 Å². The number of aliphatic hydroxyl groups is 20. The molecule has 24 fully saturated rings. The van der Waals surface area contributed by atoms with Gasteiger partial charge in [0.15, 0.2) is 44.0 Å². The number of nitrogens with one attached hydrogen (secondary N) is 3. The van der Waals surface area contributed by atoms with Gasteiger partial charge in [0.25, 0.3) is 0 Å². The molecule has 592 valence electrons. The lowest BCUT2D eigenvalue weighted by Crippen LogP contribution is -2.91. The number of aliphatic hydroxyl groups excluding tert-OH is 20. The van der Waals surface area contributed by atoms with E-state index in [0.29, 0.717) is 0 Å². The van der Waals surface area contributed by atoms with Crippen LogP contribution in [0.2, 0.25) is 0 Å². The Bertz CT molecular complexity index is 3010. The highest BCUT2D eigenvalue weighted by Gasteiger charge is 2.81. The number of hydrogen-bond acceptors (Lipinski definition) is 40. The second kappa shape index (κ2) is 32.2. The Labute approximate surface area is 586 Å². The van der Waals surface area contributed by atoms with Crippen molar-refractivity contribution in [3.05, 3.63) is 0 Å². The van der Waals surface area contributed by atoms with Crippen LogP contribution in [-0.2, 0) is 85.5 Å². The van der Waals surface area contributed by atoms with E-state index in [2.05, 4.69) is 16.0 Å².